The largest absolute Gasteiger partial charge is 0.467 e. The highest BCUT2D eigenvalue weighted by Crippen LogP contribution is 1.98. The molecule has 0 aromatic carbocycles. The van der Waals surface area contributed by atoms with Gasteiger partial charge >= 0.3 is 5.97 Å². The van der Waals surface area contributed by atoms with E-state index in [2.05, 4.69) is 9.91 Å². The second-order valence-electron chi connectivity index (χ2n) is 1.85. The third-order valence-electron chi connectivity index (χ3n) is 1.18. The number of nitroso groups, excluding NO2 is 1. The van der Waals surface area contributed by atoms with Crippen LogP contribution in [0.3, 0.4) is 0 Å². The molecule has 0 saturated heterocycles. The first-order valence-electron chi connectivity index (χ1n) is 3.10. The molecule has 0 saturated carbocycles. The van der Waals surface area contributed by atoms with Crippen LogP contribution in [0.2, 0.25) is 0 Å². The highest BCUT2D eigenvalue weighted by atomic mass is 16.5. The van der Waals surface area contributed by atoms with E-state index < -0.39 is 17.8 Å². The number of methoxy groups -OCH3 is 1. The fraction of sp³-hybridized carbons (Fsp3) is 0.667. The number of ether oxygens (including phenoxy) is 1. The van der Waals surface area contributed by atoms with Gasteiger partial charge in [-0.15, -0.1) is 4.91 Å². The molecule has 11 heavy (non-hydrogen) atoms. The smallest absolute Gasteiger partial charge is 0.342 e. The predicted octanol–water partition coefficient (Wildman–Crippen LogP) is 0.273. The van der Waals surface area contributed by atoms with Crippen LogP contribution >= 0.6 is 0 Å². The van der Waals surface area contributed by atoms with Gasteiger partial charge in [0.25, 0.3) is 0 Å². The van der Waals surface area contributed by atoms with Crippen LogP contribution in [0.15, 0.2) is 5.18 Å². The fourth-order valence-corrected chi connectivity index (χ4v) is 0.538. The molecule has 0 heterocycles. The van der Waals surface area contributed by atoms with Gasteiger partial charge in [-0.2, -0.15) is 0 Å². The molecule has 62 valence electrons. The quantitative estimate of drug-likeness (QED) is 0.335. The molecule has 0 aliphatic carbocycles. The average Bonchev–Trinajstić information content (AvgIpc) is 2.05. The molecular formula is C6H9NO4. The molecule has 0 N–H and O–H groups in total. The van der Waals surface area contributed by atoms with Crippen molar-refractivity contribution in [3.05, 3.63) is 4.91 Å². The van der Waals surface area contributed by atoms with Crippen LogP contribution in [0.25, 0.3) is 0 Å². The molecule has 0 fully saturated rings. The topological polar surface area (TPSA) is 72.8 Å². The van der Waals surface area contributed by atoms with Crippen molar-refractivity contribution in [2.75, 3.05) is 7.11 Å². The van der Waals surface area contributed by atoms with Crippen molar-refractivity contribution in [3.8, 4) is 0 Å². The van der Waals surface area contributed by atoms with Gasteiger partial charge in [-0.3, -0.25) is 4.79 Å². The molecular weight excluding hydrogens is 150 g/mol. The molecule has 0 unspecified atom stereocenters. The van der Waals surface area contributed by atoms with Gasteiger partial charge in [0.15, 0.2) is 5.78 Å². The van der Waals surface area contributed by atoms with Crippen LogP contribution in [-0.2, 0) is 14.3 Å². The van der Waals surface area contributed by atoms with Crippen molar-refractivity contribution in [3.63, 3.8) is 0 Å². The lowest BCUT2D eigenvalue weighted by Crippen LogP contribution is -2.28. The van der Waals surface area contributed by atoms with Crippen molar-refractivity contribution < 1.29 is 14.3 Å². The number of hydrogen-bond acceptors (Lipinski definition) is 5. The van der Waals surface area contributed by atoms with Gasteiger partial charge in [0.05, 0.1) is 7.11 Å². The summed E-state index contributed by atoms with van der Waals surface area (Å²) < 4.78 is 4.17. The number of carbonyl (C=O) groups excluding carboxylic acids is 2. The SMILES string of the molecule is CCC(=O)[C@@H](N=O)C(=O)OC. The maximum atomic E-state index is 10.7. The zero-order chi connectivity index (χ0) is 8.85. The first-order valence-corrected chi connectivity index (χ1v) is 3.10. The molecule has 0 aliphatic rings. The normalized spacial score (nSPS) is 11.8. The average molecular weight is 159 g/mol. The standard InChI is InChI=1S/C6H9NO4/c1-3-4(8)5(7-10)6(9)11-2/h5H,3H2,1-2H3/t5-/m1/s1. The van der Waals surface area contributed by atoms with E-state index in [9.17, 15) is 14.5 Å². The number of hydrogen-bond donors (Lipinski definition) is 0. The number of nitrogens with zero attached hydrogens (tertiary/aromatic N) is 1. The Balaban J connectivity index is 4.27. The Morgan fingerprint density at radius 2 is 2.09 bits per heavy atom. The van der Waals surface area contributed by atoms with Gasteiger partial charge < -0.3 is 4.74 Å². The van der Waals surface area contributed by atoms with Gasteiger partial charge in [-0.1, -0.05) is 6.92 Å². The number of Topliss-reactive ketones (excluding diaryl/α,β-unsaturated/α-hetero) is 1. The van der Waals surface area contributed by atoms with Crippen LogP contribution in [0, 0.1) is 4.91 Å². The summed E-state index contributed by atoms with van der Waals surface area (Å²) in [7, 11) is 1.10. The molecule has 0 rings (SSSR count). The van der Waals surface area contributed by atoms with Crippen LogP contribution in [0.5, 0.6) is 0 Å². The van der Waals surface area contributed by atoms with E-state index in [1.165, 1.54) is 0 Å². The van der Waals surface area contributed by atoms with Crippen molar-refractivity contribution in [2.24, 2.45) is 5.18 Å². The maximum absolute atomic E-state index is 10.7. The number of esters is 1. The Kier molecular flexibility index (Phi) is 4.02. The summed E-state index contributed by atoms with van der Waals surface area (Å²) >= 11 is 0. The first kappa shape index (κ1) is 9.74. The van der Waals surface area contributed by atoms with E-state index in [0.717, 1.165) is 7.11 Å². The molecule has 5 heteroatoms. The van der Waals surface area contributed by atoms with E-state index in [-0.39, 0.29) is 6.42 Å². The van der Waals surface area contributed by atoms with Crippen LogP contribution in [0.1, 0.15) is 13.3 Å². The van der Waals surface area contributed by atoms with Crippen LogP contribution < -0.4 is 0 Å². The minimum Gasteiger partial charge on any atom is -0.467 e. The van der Waals surface area contributed by atoms with Gasteiger partial charge in [0.2, 0.25) is 6.04 Å². The third kappa shape index (κ3) is 2.45. The zero-order valence-corrected chi connectivity index (χ0v) is 6.36. The first-order chi connectivity index (χ1) is 5.17. The van der Waals surface area contributed by atoms with E-state index >= 15 is 0 Å². The lowest BCUT2D eigenvalue weighted by atomic mass is 10.1. The van der Waals surface area contributed by atoms with E-state index in [4.69, 9.17) is 0 Å². The molecule has 1 atom stereocenters. The van der Waals surface area contributed by atoms with Gasteiger partial charge in [-0.25, -0.2) is 4.79 Å². The number of carbonyl (C=O) groups is 2. The molecule has 0 spiro atoms. The molecule has 5 nitrogen and oxygen atoms in total. The molecule has 0 aromatic rings. The Morgan fingerprint density at radius 3 is 2.36 bits per heavy atom. The van der Waals surface area contributed by atoms with Crippen molar-refractivity contribution >= 4 is 11.8 Å². The third-order valence-corrected chi connectivity index (χ3v) is 1.18. The predicted molar refractivity (Wildman–Crippen MR) is 36.9 cm³/mol. The Hall–Kier alpha value is -1.26. The van der Waals surface area contributed by atoms with Crippen molar-refractivity contribution in [1.29, 1.82) is 0 Å². The number of rotatable bonds is 4. The molecule has 0 aromatic heterocycles. The van der Waals surface area contributed by atoms with Gasteiger partial charge in [0, 0.05) is 6.42 Å². The summed E-state index contributed by atoms with van der Waals surface area (Å²) in [6, 6.07) is -1.48. The Bertz CT molecular complexity index is 161. The second-order valence-corrected chi connectivity index (χ2v) is 1.85. The Morgan fingerprint density at radius 1 is 1.55 bits per heavy atom. The summed E-state index contributed by atoms with van der Waals surface area (Å²) in [5, 5.41) is 2.36. The van der Waals surface area contributed by atoms with E-state index in [0.29, 0.717) is 0 Å². The lowest BCUT2D eigenvalue weighted by Gasteiger charge is -2.02. The fourth-order valence-electron chi connectivity index (χ4n) is 0.538. The van der Waals surface area contributed by atoms with Crippen LogP contribution in [-0.4, -0.2) is 24.9 Å². The molecule has 0 radical (unpaired) electrons. The molecule has 0 amide bonds. The summed E-state index contributed by atoms with van der Waals surface area (Å²) in [4.78, 5) is 31.3. The monoisotopic (exact) mass is 159 g/mol. The minimum atomic E-state index is -1.48. The lowest BCUT2D eigenvalue weighted by molar-refractivity contribution is -0.145. The number of ketones is 1. The minimum absolute atomic E-state index is 0.103. The summed E-state index contributed by atoms with van der Waals surface area (Å²) in [6.07, 6.45) is 0.103. The maximum Gasteiger partial charge on any atom is 0.342 e. The molecule has 0 aliphatic heterocycles. The summed E-state index contributed by atoms with van der Waals surface area (Å²) in [5.41, 5.74) is 0. The second kappa shape index (κ2) is 4.54. The summed E-state index contributed by atoms with van der Waals surface area (Å²) in [5.74, 6) is -1.42. The van der Waals surface area contributed by atoms with E-state index in [1.807, 2.05) is 0 Å². The summed E-state index contributed by atoms with van der Waals surface area (Å²) in [6.45, 7) is 1.55. The highest BCUT2D eigenvalue weighted by Gasteiger charge is 2.26. The van der Waals surface area contributed by atoms with Crippen molar-refractivity contribution in [2.45, 2.75) is 19.4 Å². The van der Waals surface area contributed by atoms with Gasteiger partial charge in [0.1, 0.15) is 0 Å². The van der Waals surface area contributed by atoms with Crippen LogP contribution in [0.4, 0.5) is 0 Å². The zero-order valence-electron chi connectivity index (χ0n) is 6.36. The Labute approximate surface area is 63.7 Å². The van der Waals surface area contributed by atoms with Crippen molar-refractivity contribution in [1.82, 2.24) is 0 Å². The molecule has 0 bridgehead atoms. The van der Waals surface area contributed by atoms with Gasteiger partial charge in [-0.05, 0) is 5.18 Å². The highest BCUT2D eigenvalue weighted by molar-refractivity contribution is 6.03. The van der Waals surface area contributed by atoms with E-state index in [1.54, 1.807) is 6.92 Å².